The molecular weight excluding hydrogens is 262 g/mol. The first-order valence-corrected chi connectivity index (χ1v) is 5.90. The number of rotatable bonds is 3. The van der Waals surface area contributed by atoms with Crippen molar-refractivity contribution in [2.45, 2.75) is 6.42 Å². The van der Waals surface area contributed by atoms with Gasteiger partial charge in [0, 0.05) is 18.8 Å². The van der Waals surface area contributed by atoms with Gasteiger partial charge in [-0.15, -0.1) is 0 Å². The molecule has 18 heavy (non-hydrogen) atoms. The van der Waals surface area contributed by atoms with Crippen molar-refractivity contribution in [3.63, 3.8) is 0 Å². The van der Waals surface area contributed by atoms with Gasteiger partial charge >= 0.3 is 11.9 Å². The van der Waals surface area contributed by atoms with E-state index in [0.717, 1.165) is 10.4 Å². The Morgan fingerprint density at radius 2 is 1.61 bits per heavy atom. The van der Waals surface area contributed by atoms with Gasteiger partial charge in [0.05, 0.1) is 25.4 Å². The second kappa shape index (κ2) is 6.01. The van der Waals surface area contributed by atoms with E-state index in [1.54, 1.807) is 0 Å². The van der Waals surface area contributed by atoms with E-state index >= 15 is 0 Å². The molecule has 0 aromatic carbocycles. The van der Waals surface area contributed by atoms with Crippen LogP contribution in [0.4, 0.5) is 0 Å². The Hall–Kier alpha value is -2.09. The number of nitrogens with zero attached hydrogens (tertiary/aromatic N) is 1. The summed E-state index contributed by atoms with van der Waals surface area (Å²) in [6.07, 6.45) is 2.57. The summed E-state index contributed by atoms with van der Waals surface area (Å²) in [6, 6.07) is 0. The van der Waals surface area contributed by atoms with Gasteiger partial charge in [-0.3, -0.25) is 0 Å². The molecule has 0 bridgehead atoms. The Balaban J connectivity index is 3.13. The van der Waals surface area contributed by atoms with E-state index in [9.17, 15) is 18.0 Å². The Labute approximate surface area is 105 Å². The van der Waals surface area contributed by atoms with Crippen molar-refractivity contribution >= 4 is 27.7 Å². The van der Waals surface area contributed by atoms with E-state index in [2.05, 4.69) is 9.47 Å². The fourth-order valence-corrected chi connectivity index (χ4v) is 1.69. The fraction of sp³-hybridized carbons (Fsp3) is 0.300. The Kier molecular flexibility index (Phi) is 4.67. The minimum atomic E-state index is -2.47. The lowest BCUT2D eigenvalue weighted by Gasteiger charge is -2.18. The summed E-state index contributed by atoms with van der Waals surface area (Å²) in [4.78, 5) is 23.9. The summed E-state index contributed by atoms with van der Waals surface area (Å²) in [5, 5.41) is 0. The third kappa shape index (κ3) is 3.45. The topological polar surface area (TPSA) is 90.0 Å². The number of esters is 2. The lowest BCUT2D eigenvalue weighted by molar-refractivity contribution is -0.136. The monoisotopic (exact) mass is 273 g/mol. The van der Waals surface area contributed by atoms with Crippen molar-refractivity contribution < 1.29 is 27.5 Å². The van der Waals surface area contributed by atoms with Crippen LogP contribution in [-0.2, 0) is 29.4 Å². The van der Waals surface area contributed by atoms with Gasteiger partial charge in [0.15, 0.2) is 0 Å². The molecule has 1 aliphatic rings. The van der Waals surface area contributed by atoms with Crippen LogP contribution in [0, 0.1) is 0 Å². The van der Waals surface area contributed by atoms with Crippen molar-refractivity contribution in [3.8, 4) is 0 Å². The van der Waals surface area contributed by atoms with E-state index in [-0.39, 0.29) is 17.6 Å². The average molecular weight is 273 g/mol. The van der Waals surface area contributed by atoms with E-state index in [0.29, 0.717) is 0 Å². The maximum atomic E-state index is 11.4. The van der Waals surface area contributed by atoms with Crippen molar-refractivity contribution in [3.05, 3.63) is 23.5 Å². The minimum absolute atomic E-state index is 0.0230. The van der Waals surface area contributed by atoms with Crippen LogP contribution in [-0.4, -0.2) is 45.0 Å². The van der Waals surface area contributed by atoms with Crippen LogP contribution in [0.5, 0.6) is 0 Å². The predicted octanol–water partition coefficient (Wildman–Crippen LogP) is -0.555. The first-order chi connectivity index (χ1) is 8.47. The molecular formula is C10H11NO6S. The molecule has 0 amide bonds. The van der Waals surface area contributed by atoms with Gasteiger partial charge < -0.3 is 14.4 Å². The van der Waals surface area contributed by atoms with Crippen LogP contribution in [0.2, 0.25) is 0 Å². The number of methoxy groups -OCH3 is 2. The van der Waals surface area contributed by atoms with Crippen LogP contribution in [0.1, 0.15) is 6.42 Å². The largest absolute Gasteiger partial charge is 0.466 e. The quantitative estimate of drug-likeness (QED) is 0.503. The Morgan fingerprint density at radius 1 is 1.17 bits per heavy atom. The van der Waals surface area contributed by atoms with Gasteiger partial charge in [0.1, 0.15) is 5.49 Å². The summed E-state index contributed by atoms with van der Waals surface area (Å²) in [7, 11) is -0.0787. The van der Waals surface area contributed by atoms with E-state index in [4.69, 9.17) is 0 Å². The first kappa shape index (κ1) is 14.0. The summed E-state index contributed by atoms with van der Waals surface area (Å²) in [6.45, 7) is 0. The lowest BCUT2D eigenvalue weighted by atomic mass is 10.0. The molecule has 0 saturated carbocycles. The van der Waals surface area contributed by atoms with E-state index in [1.807, 2.05) is 0 Å². The Morgan fingerprint density at radius 3 is 1.94 bits per heavy atom. The minimum Gasteiger partial charge on any atom is -0.466 e. The highest BCUT2D eigenvalue weighted by molar-refractivity contribution is 7.71. The van der Waals surface area contributed by atoms with Gasteiger partial charge in [-0.1, -0.05) is 0 Å². The zero-order chi connectivity index (χ0) is 13.7. The number of ether oxygens (including phenoxy) is 2. The first-order valence-electron chi connectivity index (χ1n) is 4.76. The molecule has 0 aromatic rings. The van der Waals surface area contributed by atoms with Gasteiger partial charge in [-0.25, -0.2) is 9.59 Å². The van der Waals surface area contributed by atoms with Crippen LogP contribution in [0.25, 0.3) is 0 Å². The number of hydrogen-bond donors (Lipinski definition) is 0. The molecule has 0 unspecified atom stereocenters. The maximum Gasteiger partial charge on any atom is 0.335 e. The predicted molar refractivity (Wildman–Crippen MR) is 61.6 cm³/mol. The molecule has 7 nitrogen and oxygen atoms in total. The molecule has 0 spiro atoms. The lowest BCUT2D eigenvalue weighted by Crippen LogP contribution is -2.22. The van der Waals surface area contributed by atoms with Gasteiger partial charge in [0.25, 0.3) is 0 Å². The molecule has 98 valence electrons. The summed E-state index contributed by atoms with van der Waals surface area (Å²) in [5.41, 5.74) is 1.12. The SMILES string of the molecule is COC(=O)C1=CN(C=S(=O)=O)C=C(C(=O)OC)C1. The molecule has 0 fully saturated rings. The average Bonchev–Trinajstić information content (AvgIpc) is 2.35. The fourth-order valence-electron chi connectivity index (χ4n) is 1.37. The van der Waals surface area contributed by atoms with E-state index in [1.165, 1.54) is 26.6 Å². The highest BCUT2D eigenvalue weighted by Crippen LogP contribution is 2.20. The van der Waals surface area contributed by atoms with Gasteiger partial charge in [0.2, 0.25) is 10.3 Å². The van der Waals surface area contributed by atoms with Crippen LogP contribution in [0.15, 0.2) is 23.5 Å². The molecule has 0 N–H and O–H groups in total. The molecule has 1 rings (SSSR count). The van der Waals surface area contributed by atoms with Crippen molar-refractivity contribution in [2.75, 3.05) is 14.2 Å². The zero-order valence-corrected chi connectivity index (χ0v) is 10.6. The summed E-state index contributed by atoms with van der Waals surface area (Å²) in [5.74, 6) is -1.28. The van der Waals surface area contributed by atoms with Crippen molar-refractivity contribution in [1.29, 1.82) is 0 Å². The van der Waals surface area contributed by atoms with Crippen LogP contribution >= 0.6 is 0 Å². The summed E-state index contributed by atoms with van der Waals surface area (Å²) >= 11 is 0. The third-order valence-electron chi connectivity index (χ3n) is 2.09. The second-order valence-electron chi connectivity index (χ2n) is 3.28. The molecule has 0 radical (unpaired) electrons. The second-order valence-corrected chi connectivity index (χ2v) is 4.01. The number of carbonyl (C=O) groups excluding carboxylic acids is 2. The number of hydrogen-bond acceptors (Lipinski definition) is 6. The maximum absolute atomic E-state index is 11.4. The van der Waals surface area contributed by atoms with Gasteiger partial charge in [-0.2, -0.15) is 8.42 Å². The van der Waals surface area contributed by atoms with Crippen LogP contribution in [0.3, 0.4) is 0 Å². The normalized spacial score (nSPS) is 14.2. The highest BCUT2D eigenvalue weighted by Gasteiger charge is 2.22. The number of carbonyl (C=O) groups is 2. The van der Waals surface area contributed by atoms with E-state index < -0.39 is 22.2 Å². The molecule has 1 heterocycles. The molecule has 1 aliphatic heterocycles. The molecule has 0 aliphatic carbocycles. The smallest absolute Gasteiger partial charge is 0.335 e. The summed E-state index contributed by atoms with van der Waals surface area (Å²) < 4.78 is 30.2. The molecule has 0 aromatic heterocycles. The zero-order valence-electron chi connectivity index (χ0n) is 9.74. The molecule has 0 saturated heterocycles. The molecule has 0 atom stereocenters. The van der Waals surface area contributed by atoms with Crippen LogP contribution < -0.4 is 0 Å². The Bertz CT molecular complexity index is 517. The standard InChI is InChI=1S/C10H11NO6S/c1-16-9(12)7-3-8(10(13)17-2)5-11(4-7)6-18(14)15/h4-6H,3H2,1-2H3. The van der Waals surface area contributed by atoms with Crippen molar-refractivity contribution in [1.82, 2.24) is 4.90 Å². The van der Waals surface area contributed by atoms with Gasteiger partial charge in [-0.05, 0) is 0 Å². The third-order valence-corrected chi connectivity index (χ3v) is 2.51. The molecule has 8 heteroatoms. The highest BCUT2D eigenvalue weighted by atomic mass is 32.2. The van der Waals surface area contributed by atoms with Crippen molar-refractivity contribution in [2.24, 2.45) is 0 Å².